The summed E-state index contributed by atoms with van der Waals surface area (Å²) in [6.45, 7) is 6.53. The fourth-order valence-electron chi connectivity index (χ4n) is 1.58. The summed E-state index contributed by atoms with van der Waals surface area (Å²) in [4.78, 5) is 11.4. The number of rotatable bonds is 6. The van der Waals surface area contributed by atoms with Gasteiger partial charge in [0.2, 0.25) is 0 Å². The molecule has 0 heterocycles. The van der Waals surface area contributed by atoms with Crippen LogP contribution >= 0.6 is 11.6 Å². The normalized spacial score (nSPS) is 10.6. The Kier molecular flexibility index (Phi) is 5.49. The van der Waals surface area contributed by atoms with Crippen LogP contribution in [0.2, 0.25) is 5.02 Å². The Morgan fingerprint density at radius 2 is 2.12 bits per heavy atom. The van der Waals surface area contributed by atoms with Crippen LogP contribution in [-0.4, -0.2) is 12.4 Å². The molecule has 0 saturated heterocycles. The van der Waals surface area contributed by atoms with Gasteiger partial charge in [0.15, 0.2) is 5.78 Å². The quantitative estimate of drug-likeness (QED) is 0.557. The highest BCUT2D eigenvalue weighted by molar-refractivity contribution is 6.31. The van der Waals surface area contributed by atoms with Crippen LogP contribution in [0.1, 0.15) is 44.0 Å². The monoisotopic (exact) mass is 254 g/mol. The maximum absolute atomic E-state index is 11.4. The third-order valence-corrected chi connectivity index (χ3v) is 2.74. The molecule has 2 nitrogen and oxygen atoms in total. The van der Waals surface area contributed by atoms with Crippen molar-refractivity contribution in [3.63, 3.8) is 0 Å². The molecule has 1 aromatic carbocycles. The van der Waals surface area contributed by atoms with Gasteiger partial charge in [0.1, 0.15) is 5.75 Å². The summed E-state index contributed by atoms with van der Waals surface area (Å²) >= 11 is 5.86. The van der Waals surface area contributed by atoms with Crippen molar-refractivity contribution in [2.75, 3.05) is 6.61 Å². The van der Waals surface area contributed by atoms with Crippen LogP contribution in [0, 0.1) is 5.92 Å². The zero-order valence-electron chi connectivity index (χ0n) is 10.6. The lowest BCUT2D eigenvalue weighted by Crippen LogP contribution is -2.04. The van der Waals surface area contributed by atoms with Crippen LogP contribution in [0.5, 0.6) is 5.75 Å². The maximum Gasteiger partial charge on any atom is 0.163 e. The number of hydrogen-bond acceptors (Lipinski definition) is 2. The van der Waals surface area contributed by atoms with E-state index in [-0.39, 0.29) is 5.78 Å². The van der Waals surface area contributed by atoms with Gasteiger partial charge in [-0.3, -0.25) is 4.79 Å². The number of benzene rings is 1. The lowest BCUT2D eigenvalue weighted by atomic mass is 10.1. The smallest absolute Gasteiger partial charge is 0.163 e. The molecule has 17 heavy (non-hydrogen) atoms. The predicted octanol–water partition coefficient (Wildman–Crippen LogP) is 4.36. The van der Waals surface area contributed by atoms with Gasteiger partial charge in [-0.2, -0.15) is 0 Å². The number of Topliss-reactive ketones (excluding diaryl/α,β-unsaturated/α-hetero) is 1. The van der Waals surface area contributed by atoms with Crippen molar-refractivity contribution in [2.45, 2.75) is 33.6 Å². The number of hydrogen-bond donors (Lipinski definition) is 0. The van der Waals surface area contributed by atoms with Gasteiger partial charge >= 0.3 is 0 Å². The minimum absolute atomic E-state index is 0.0219. The van der Waals surface area contributed by atoms with Crippen molar-refractivity contribution in [1.82, 2.24) is 0 Å². The van der Waals surface area contributed by atoms with Crippen molar-refractivity contribution in [3.05, 3.63) is 28.8 Å². The van der Waals surface area contributed by atoms with Gasteiger partial charge in [0.05, 0.1) is 12.2 Å². The predicted molar refractivity (Wildman–Crippen MR) is 71.0 cm³/mol. The molecule has 0 saturated carbocycles. The van der Waals surface area contributed by atoms with E-state index in [2.05, 4.69) is 13.8 Å². The molecule has 0 unspecified atom stereocenters. The van der Waals surface area contributed by atoms with E-state index in [4.69, 9.17) is 16.3 Å². The van der Waals surface area contributed by atoms with Crippen molar-refractivity contribution in [2.24, 2.45) is 5.92 Å². The molecule has 0 N–H and O–H groups in total. The molecular weight excluding hydrogens is 236 g/mol. The molecule has 3 heteroatoms. The lowest BCUT2D eigenvalue weighted by molar-refractivity contribution is 0.101. The first-order valence-electron chi connectivity index (χ1n) is 5.94. The average Bonchev–Trinajstić information content (AvgIpc) is 2.25. The summed E-state index contributed by atoms with van der Waals surface area (Å²) in [5, 5.41) is 0.560. The van der Waals surface area contributed by atoms with Crippen LogP contribution in [0.15, 0.2) is 18.2 Å². The Labute approximate surface area is 108 Å². The number of halogens is 1. The van der Waals surface area contributed by atoms with Crippen LogP contribution in [0.4, 0.5) is 0 Å². The highest BCUT2D eigenvalue weighted by Gasteiger charge is 2.09. The van der Waals surface area contributed by atoms with Gasteiger partial charge in [-0.15, -0.1) is 0 Å². The Balaban J connectivity index is 2.61. The standard InChI is InChI=1S/C14H19ClO2/c1-10(2)5-4-8-17-14-7-6-12(15)9-13(14)11(3)16/h6-7,9-10H,4-5,8H2,1-3H3. The van der Waals surface area contributed by atoms with Crippen LogP contribution in [-0.2, 0) is 0 Å². The van der Waals surface area contributed by atoms with Crippen molar-refractivity contribution in [1.29, 1.82) is 0 Å². The largest absolute Gasteiger partial charge is 0.493 e. The summed E-state index contributed by atoms with van der Waals surface area (Å²) in [6.07, 6.45) is 2.13. The minimum atomic E-state index is -0.0219. The molecule has 0 aromatic heterocycles. The fourth-order valence-corrected chi connectivity index (χ4v) is 1.75. The number of ether oxygens (including phenoxy) is 1. The van der Waals surface area contributed by atoms with E-state index >= 15 is 0 Å². The van der Waals surface area contributed by atoms with E-state index in [0.717, 1.165) is 12.8 Å². The van der Waals surface area contributed by atoms with Gasteiger partial charge in [-0.25, -0.2) is 0 Å². The molecule has 0 spiro atoms. The molecule has 0 fully saturated rings. The molecule has 0 atom stereocenters. The molecule has 0 aliphatic heterocycles. The van der Waals surface area contributed by atoms with E-state index in [9.17, 15) is 4.79 Å². The third kappa shape index (κ3) is 4.78. The third-order valence-electron chi connectivity index (χ3n) is 2.50. The lowest BCUT2D eigenvalue weighted by Gasteiger charge is -2.10. The topological polar surface area (TPSA) is 26.3 Å². The molecule has 1 aromatic rings. The first kappa shape index (κ1) is 14.0. The molecular formula is C14H19ClO2. The Morgan fingerprint density at radius 1 is 1.41 bits per heavy atom. The van der Waals surface area contributed by atoms with Crippen molar-refractivity contribution >= 4 is 17.4 Å². The van der Waals surface area contributed by atoms with Gasteiger partial charge in [0.25, 0.3) is 0 Å². The Morgan fingerprint density at radius 3 is 2.71 bits per heavy atom. The number of carbonyl (C=O) groups is 1. The summed E-state index contributed by atoms with van der Waals surface area (Å²) < 4.78 is 5.62. The van der Waals surface area contributed by atoms with E-state index in [1.807, 2.05) is 0 Å². The van der Waals surface area contributed by atoms with E-state index in [0.29, 0.717) is 28.9 Å². The second-order valence-electron chi connectivity index (χ2n) is 4.58. The summed E-state index contributed by atoms with van der Waals surface area (Å²) in [7, 11) is 0. The Bertz CT molecular complexity index is 386. The van der Waals surface area contributed by atoms with Gasteiger partial charge in [0, 0.05) is 5.02 Å². The first-order chi connectivity index (χ1) is 8.00. The molecule has 0 radical (unpaired) electrons. The molecule has 0 amide bonds. The minimum Gasteiger partial charge on any atom is -0.493 e. The van der Waals surface area contributed by atoms with E-state index < -0.39 is 0 Å². The highest BCUT2D eigenvalue weighted by atomic mass is 35.5. The summed E-state index contributed by atoms with van der Waals surface area (Å²) in [5.41, 5.74) is 0.557. The SMILES string of the molecule is CC(=O)c1cc(Cl)ccc1OCCCC(C)C. The van der Waals surface area contributed by atoms with Crippen molar-refractivity contribution in [3.8, 4) is 5.75 Å². The summed E-state index contributed by atoms with van der Waals surface area (Å²) in [5.74, 6) is 1.29. The maximum atomic E-state index is 11.4. The number of carbonyl (C=O) groups excluding carboxylic acids is 1. The van der Waals surface area contributed by atoms with Gasteiger partial charge in [-0.1, -0.05) is 25.4 Å². The van der Waals surface area contributed by atoms with Crippen LogP contribution < -0.4 is 4.74 Å². The highest BCUT2D eigenvalue weighted by Crippen LogP contribution is 2.23. The van der Waals surface area contributed by atoms with Crippen LogP contribution in [0.3, 0.4) is 0 Å². The van der Waals surface area contributed by atoms with Gasteiger partial charge < -0.3 is 4.74 Å². The fraction of sp³-hybridized carbons (Fsp3) is 0.500. The zero-order valence-corrected chi connectivity index (χ0v) is 11.4. The average molecular weight is 255 g/mol. The number of ketones is 1. The Hall–Kier alpha value is -1.02. The molecule has 0 aliphatic rings. The van der Waals surface area contributed by atoms with E-state index in [1.54, 1.807) is 18.2 Å². The second-order valence-corrected chi connectivity index (χ2v) is 5.02. The molecule has 0 aliphatic carbocycles. The molecule has 94 valence electrons. The van der Waals surface area contributed by atoms with Crippen molar-refractivity contribution < 1.29 is 9.53 Å². The first-order valence-corrected chi connectivity index (χ1v) is 6.31. The van der Waals surface area contributed by atoms with E-state index in [1.165, 1.54) is 6.92 Å². The van der Waals surface area contributed by atoms with Crippen LogP contribution in [0.25, 0.3) is 0 Å². The van der Waals surface area contributed by atoms with Gasteiger partial charge in [-0.05, 0) is 43.9 Å². The summed E-state index contributed by atoms with van der Waals surface area (Å²) in [6, 6.07) is 5.15. The second kappa shape index (κ2) is 6.65. The zero-order chi connectivity index (χ0) is 12.8. The molecule has 1 rings (SSSR count). The molecule has 0 bridgehead atoms.